The highest BCUT2D eigenvalue weighted by Crippen LogP contribution is 2.21. The Morgan fingerprint density at radius 2 is 1.81 bits per heavy atom. The average Bonchev–Trinajstić information content (AvgIpc) is 2.46. The molecule has 0 radical (unpaired) electrons. The molecule has 0 aliphatic carbocycles. The molecule has 2 N–H and O–H groups in total. The van der Waals surface area contributed by atoms with Gasteiger partial charge in [-0.15, -0.1) is 0 Å². The first-order valence-corrected chi connectivity index (χ1v) is 6.73. The molecule has 0 aliphatic rings. The van der Waals surface area contributed by atoms with E-state index in [1.54, 1.807) is 24.3 Å². The van der Waals surface area contributed by atoms with E-state index < -0.39 is 12.1 Å². The monoisotopic (exact) mass is 286 g/mol. The van der Waals surface area contributed by atoms with Gasteiger partial charge in [-0.3, -0.25) is 4.79 Å². The molecule has 0 amide bonds. The minimum atomic E-state index is -1.03. The fourth-order valence-electron chi connectivity index (χ4n) is 2.00. The summed E-state index contributed by atoms with van der Waals surface area (Å²) in [6, 6.07) is 14.8. The molecule has 4 nitrogen and oxygen atoms in total. The summed E-state index contributed by atoms with van der Waals surface area (Å²) in [5.41, 5.74) is 2.86. The summed E-state index contributed by atoms with van der Waals surface area (Å²) in [5.74, 6) is -0.341. The predicted octanol–water partition coefficient (Wildman–Crippen LogP) is 3.08. The van der Waals surface area contributed by atoms with E-state index in [-0.39, 0.29) is 6.42 Å². The minimum absolute atomic E-state index is 0.302. The van der Waals surface area contributed by atoms with Gasteiger partial charge in [0.05, 0.1) is 12.5 Å². The largest absolute Gasteiger partial charge is 0.489 e. The number of aliphatic hydroxyl groups excluding tert-OH is 1. The lowest BCUT2D eigenvalue weighted by Gasteiger charge is -2.11. The molecule has 21 heavy (non-hydrogen) atoms. The van der Waals surface area contributed by atoms with Crippen LogP contribution in [0.5, 0.6) is 5.75 Å². The second kappa shape index (κ2) is 6.90. The lowest BCUT2D eigenvalue weighted by Crippen LogP contribution is -2.05. The third-order valence-electron chi connectivity index (χ3n) is 3.29. The molecule has 0 aromatic heterocycles. The van der Waals surface area contributed by atoms with E-state index in [2.05, 4.69) is 0 Å². The Morgan fingerprint density at radius 1 is 1.14 bits per heavy atom. The number of hydrogen-bond donors (Lipinski definition) is 2. The smallest absolute Gasteiger partial charge is 0.306 e. The third kappa shape index (κ3) is 4.33. The maximum Gasteiger partial charge on any atom is 0.306 e. The SMILES string of the molecule is Cc1ccccc1COc1ccc(C(O)CC(=O)O)cc1. The number of rotatable bonds is 6. The van der Waals surface area contributed by atoms with Crippen LogP contribution in [0.3, 0.4) is 0 Å². The molecule has 2 aromatic carbocycles. The molecule has 0 spiro atoms. The van der Waals surface area contributed by atoms with E-state index in [0.29, 0.717) is 17.9 Å². The Kier molecular flexibility index (Phi) is 4.95. The van der Waals surface area contributed by atoms with Crippen LogP contribution >= 0.6 is 0 Å². The first-order valence-electron chi connectivity index (χ1n) is 6.73. The van der Waals surface area contributed by atoms with E-state index in [9.17, 15) is 9.90 Å². The van der Waals surface area contributed by atoms with Crippen LogP contribution in [-0.4, -0.2) is 16.2 Å². The molecule has 1 unspecified atom stereocenters. The highest BCUT2D eigenvalue weighted by molar-refractivity contribution is 5.67. The van der Waals surface area contributed by atoms with Crippen LogP contribution in [0.25, 0.3) is 0 Å². The fourth-order valence-corrected chi connectivity index (χ4v) is 2.00. The highest BCUT2D eigenvalue weighted by atomic mass is 16.5. The van der Waals surface area contributed by atoms with E-state index in [1.165, 1.54) is 5.56 Å². The van der Waals surface area contributed by atoms with Crippen molar-refractivity contribution in [2.75, 3.05) is 0 Å². The summed E-state index contributed by atoms with van der Waals surface area (Å²) in [6.45, 7) is 2.51. The molecular formula is C17H18O4. The van der Waals surface area contributed by atoms with E-state index in [0.717, 1.165) is 5.56 Å². The Labute approximate surface area is 123 Å². The van der Waals surface area contributed by atoms with Crippen LogP contribution < -0.4 is 4.74 Å². The molecule has 4 heteroatoms. The van der Waals surface area contributed by atoms with Gasteiger partial charge in [-0.2, -0.15) is 0 Å². The summed E-state index contributed by atoms with van der Waals surface area (Å²) >= 11 is 0. The molecular weight excluding hydrogens is 268 g/mol. The van der Waals surface area contributed by atoms with E-state index >= 15 is 0 Å². The number of aliphatic hydroxyl groups is 1. The fraction of sp³-hybridized carbons (Fsp3) is 0.235. The first-order chi connectivity index (χ1) is 10.1. The maximum atomic E-state index is 10.6. The molecule has 2 aromatic rings. The number of carbonyl (C=O) groups is 1. The van der Waals surface area contributed by atoms with Gasteiger partial charge in [0.1, 0.15) is 12.4 Å². The lowest BCUT2D eigenvalue weighted by atomic mass is 10.1. The Hall–Kier alpha value is -2.33. The second-order valence-electron chi connectivity index (χ2n) is 4.90. The summed E-state index contributed by atoms with van der Waals surface area (Å²) in [6.07, 6.45) is -1.29. The number of benzene rings is 2. The zero-order chi connectivity index (χ0) is 15.2. The molecule has 1 atom stereocenters. The maximum absolute atomic E-state index is 10.6. The zero-order valence-corrected chi connectivity index (χ0v) is 11.8. The van der Waals surface area contributed by atoms with Crippen LogP contribution in [0.15, 0.2) is 48.5 Å². The Bertz CT molecular complexity index is 604. The van der Waals surface area contributed by atoms with Crippen molar-refractivity contribution in [3.8, 4) is 5.75 Å². The van der Waals surface area contributed by atoms with Gasteiger partial charge >= 0.3 is 5.97 Å². The standard InChI is InChI=1S/C17H18O4/c1-12-4-2-3-5-14(12)11-21-15-8-6-13(7-9-15)16(18)10-17(19)20/h2-9,16,18H,10-11H2,1H3,(H,19,20). The summed E-state index contributed by atoms with van der Waals surface area (Å²) in [5, 5.41) is 18.4. The van der Waals surface area contributed by atoms with Crippen LogP contribution in [0, 0.1) is 6.92 Å². The summed E-state index contributed by atoms with van der Waals surface area (Å²) in [4.78, 5) is 10.6. The predicted molar refractivity (Wildman–Crippen MR) is 79.2 cm³/mol. The summed E-state index contributed by atoms with van der Waals surface area (Å²) < 4.78 is 5.69. The summed E-state index contributed by atoms with van der Waals surface area (Å²) in [7, 11) is 0. The van der Waals surface area contributed by atoms with Crippen molar-refractivity contribution in [3.63, 3.8) is 0 Å². The number of aryl methyl sites for hydroxylation is 1. The molecule has 110 valence electrons. The molecule has 0 saturated carbocycles. The Morgan fingerprint density at radius 3 is 2.43 bits per heavy atom. The first kappa shape index (κ1) is 15.1. The van der Waals surface area contributed by atoms with E-state index in [1.807, 2.05) is 31.2 Å². The van der Waals surface area contributed by atoms with Gasteiger partial charge in [0.25, 0.3) is 0 Å². The Balaban J connectivity index is 1.96. The zero-order valence-electron chi connectivity index (χ0n) is 11.8. The number of carboxylic acid groups (broad SMARTS) is 1. The molecule has 2 rings (SSSR count). The number of ether oxygens (including phenoxy) is 1. The molecule has 0 saturated heterocycles. The van der Waals surface area contributed by atoms with Gasteiger partial charge in [0, 0.05) is 0 Å². The van der Waals surface area contributed by atoms with Crippen molar-refractivity contribution in [2.45, 2.75) is 26.1 Å². The van der Waals surface area contributed by atoms with Crippen molar-refractivity contribution >= 4 is 5.97 Å². The molecule has 0 aliphatic heterocycles. The van der Waals surface area contributed by atoms with Gasteiger partial charge in [-0.1, -0.05) is 36.4 Å². The highest BCUT2D eigenvalue weighted by Gasteiger charge is 2.11. The van der Waals surface area contributed by atoms with E-state index in [4.69, 9.17) is 9.84 Å². The van der Waals surface area contributed by atoms with Crippen LogP contribution in [0.1, 0.15) is 29.2 Å². The normalized spacial score (nSPS) is 11.9. The van der Waals surface area contributed by atoms with Crippen LogP contribution in [0.4, 0.5) is 0 Å². The second-order valence-corrected chi connectivity index (χ2v) is 4.90. The average molecular weight is 286 g/mol. The van der Waals surface area contributed by atoms with Crippen molar-refractivity contribution in [2.24, 2.45) is 0 Å². The van der Waals surface area contributed by atoms with Crippen molar-refractivity contribution in [1.29, 1.82) is 0 Å². The lowest BCUT2D eigenvalue weighted by molar-refractivity contribution is -0.139. The van der Waals surface area contributed by atoms with Gasteiger partial charge in [0.15, 0.2) is 0 Å². The molecule has 0 fully saturated rings. The van der Waals surface area contributed by atoms with Gasteiger partial charge in [0.2, 0.25) is 0 Å². The topological polar surface area (TPSA) is 66.8 Å². The van der Waals surface area contributed by atoms with Crippen LogP contribution in [-0.2, 0) is 11.4 Å². The molecule has 0 heterocycles. The van der Waals surface area contributed by atoms with Gasteiger partial charge in [-0.25, -0.2) is 0 Å². The molecule has 0 bridgehead atoms. The quantitative estimate of drug-likeness (QED) is 0.856. The minimum Gasteiger partial charge on any atom is -0.489 e. The number of carboxylic acids is 1. The van der Waals surface area contributed by atoms with Gasteiger partial charge in [-0.05, 0) is 35.7 Å². The number of aliphatic carboxylic acids is 1. The number of hydrogen-bond acceptors (Lipinski definition) is 3. The van der Waals surface area contributed by atoms with Crippen molar-refractivity contribution in [1.82, 2.24) is 0 Å². The van der Waals surface area contributed by atoms with Crippen molar-refractivity contribution < 1.29 is 19.7 Å². The van der Waals surface area contributed by atoms with Crippen LogP contribution in [0.2, 0.25) is 0 Å². The van der Waals surface area contributed by atoms with Crippen molar-refractivity contribution in [3.05, 3.63) is 65.2 Å². The third-order valence-corrected chi connectivity index (χ3v) is 3.29. The van der Waals surface area contributed by atoms with Gasteiger partial charge < -0.3 is 14.9 Å².